The Morgan fingerprint density at radius 1 is 1.03 bits per heavy atom. The SMILES string of the molecule is O=C(C=Cc1ccc(Br)o1)OC(C(=O)Nc1cccc(C(F)(F)F)c1)c1ccccc1. The summed E-state index contributed by atoms with van der Waals surface area (Å²) in [5.74, 6) is -1.25. The molecule has 31 heavy (non-hydrogen) atoms. The lowest BCUT2D eigenvalue weighted by atomic mass is 10.1. The van der Waals surface area contributed by atoms with E-state index >= 15 is 0 Å². The summed E-state index contributed by atoms with van der Waals surface area (Å²) in [4.78, 5) is 25.0. The molecule has 1 atom stereocenters. The topological polar surface area (TPSA) is 68.5 Å². The lowest BCUT2D eigenvalue weighted by molar-refractivity contribution is -0.149. The van der Waals surface area contributed by atoms with Gasteiger partial charge in [0.15, 0.2) is 4.67 Å². The van der Waals surface area contributed by atoms with Gasteiger partial charge in [0.1, 0.15) is 5.76 Å². The first-order chi connectivity index (χ1) is 14.7. The van der Waals surface area contributed by atoms with Crippen molar-refractivity contribution in [3.63, 3.8) is 0 Å². The minimum Gasteiger partial charge on any atom is -0.450 e. The molecule has 1 unspecified atom stereocenters. The number of halogens is 4. The molecular formula is C22H15BrF3NO4. The lowest BCUT2D eigenvalue weighted by Gasteiger charge is -2.18. The molecule has 0 saturated carbocycles. The minimum absolute atomic E-state index is 0.0761. The van der Waals surface area contributed by atoms with Gasteiger partial charge < -0.3 is 14.5 Å². The van der Waals surface area contributed by atoms with Crippen LogP contribution in [0.2, 0.25) is 0 Å². The molecule has 160 valence electrons. The number of ether oxygens (including phenoxy) is 1. The summed E-state index contributed by atoms with van der Waals surface area (Å²) in [6.45, 7) is 0. The first-order valence-corrected chi connectivity index (χ1v) is 9.69. The summed E-state index contributed by atoms with van der Waals surface area (Å²) < 4.78 is 49.8. The number of benzene rings is 2. The zero-order valence-electron chi connectivity index (χ0n) is 15.7. The third-order valence-corrected chi connectivity index (χ3v) is 4.44. The third kappa shape index (κ3) is 6.32. The average Bonchev–Trinajstić information content (AvgIpc) is 3.16. The number of rotatable bonds is 6. The highest BCUT2D eigenvalue weighted by molar-refractivity contribution is 9.10. The van der Waals surface area contributed by atoms with E-state index < -0.39 is 29.7 Å². The van der Waals surface area contributed by atoms with Crippen LogP contribution in [0.3, 0.4) is 0 Å². The van der Waals surface area contributed by atoms with E-state index in [1.807, 2.05) is 0 Å². The predicted molar refractivity (Wildman–Crippen MR) is 111 cm³/mol. The van der Waals surface area contributed by atoms with Gasteiger partial charge in [-0.25, -0.2) is 4.79 Å². The van der Waals surface area contributed by atoms with Gasteiger partial charge in [-0.05, 0) is 52.3 Å². The fourth-order valence-electron chi connectivity index (χ4n) is 2.61. The van der Waals surface area contributed by atoms with Gasteiger partial charge in [-0.1, -0.05) is 36.4 Å². The minimum atomic E-state index is -4.56. The Hall–Kier alpha value is -3.33. The van der Waals surface area contributed by atoms with E-state index in [1.54, 1.807) is 42.5 Å². The summed E-state index contributed by atoms with van der Waals surface area (Å²) in [7, 11) is 0. The monoisotopic (exact) mass is 493 g/mol. The van der Waals surface area contributed by atoms with Crippen LogP contribution in [0, 0.1) is 0 Å². The highest BCUT2D eigenvalue weighted by Crippen LogP contribution is 2.31. The van der Waals surface area contributed by atoms with Crippen LogP contribution in [0.5, 0.6) is 0 Å². The Balaban J connectivity index is 1.78. The number of alkyl halides is 3. The molecule has 0 saturated heterocycles. The third-order valence-electron chi connectivity index (χ3n) is 4.01. The largest absolute Gasteiger partial charge is 0.450 e. The number of hydrogen-bond acceptors (Lipinski definition) is 4. The van der Waals surface area contributed by atoms with Crippen LogP contribution in [-0.4, -0.2) is 11.9 Å². The van der Waals surface area contributed by atoms with Crippen LogP contribution >= 0.6 is 15.9 Å². The van der Waals surface area contributed by atoms with Crippen molar-refractivity contribution in [3.8, 4) is 0 Å². The van der Waals surface area contributed by atoms with Crippen molar-refractivity contribution in [1.29, 1.82) is 0 Å². The molecule has 5 nitrogen and oxygen atoms in total. The number of nitrogens with one attached hydrogen (secondary N) is 1. The lowest BCUT2D eigenvalue weighted by Crippen LogP contribution is -2.25. The van der Waals surface area contributed by atoms with E-state index in [4.69, 9.17) is 9.15 Å². The number of furan rings is 1. The van der Waals surface area contributed by atoms with Crippen molar-refractivity contribution in [2.75, 3.05) is 5.32 Å². The highest BCUT2D eigenvalue weighted by Gasteiger charge is 2.31. The molecule has 1 aromatic heterocycles. The zero-order chi connectivity index (χ0) is 22.4. The second-order valence-electron chi connectivity index (χ2n) is 6.27. The van der Waals surface area contributed by atoms with Crippen molar-refractivity contribution in [1.82, 2.24) is 0 Å². The molecule has 0 spiro atoms. The summed E-state index contributed by atoms with van der Waals surface area (Å²) in [5.41, 5.74) is -0.631. The number of carbonyl (C=O) groups is 2. The van der Waals surface area contributed by atoms with Crippen LogP contribution in [-0.2, 0) is 20.5 Å². The van der Waals surface area contributed by atoms with Crippen LogP contribution < -0.4 is 5.32 Å². The van der Waals surface area contributed by atoms with Crippen molar-refractivity contribution < 1.29 is 31.9 Å². The van der Waals surface area contributed by atoms with E-state index in [0.29, 0.717) is 16.0 Å². The first kappa shape index (κ1) is 22.4. The summed E-state index contributed by atoms with van der Waals surface area (Å²) in [6, 6.07) is 15.6. The summed E-state index contributed by atoms with van der Waals surface area (Å²) in [6.07, 6.45) is -3.49. The maximum atomic E-state index is 12.9. The number of carbonyl (C=O) groups excluding carboxylic acids is 2. The van der Waals surface area contributed by atoms with Crippen molar-refractivity contribution in [2.45, 2.75) is 12.3 Å². The fourth-order valence-corrected chi connectivity index (χ4v) is 2.92. The predicted octanol–water partition coefficient (Wildman–Crippen LogP) is 6.00. The summed E-state index contributed by atoms with van der Waals surface area (Å²) >= 11 is 3.14. The van der Waals surface area contributed by atoms with Crippen LogP contribution in [0.4, 0.5) is 18.9 Å². The molecule has 0 aliphatic rings. The fraction of sp³-hybridized carbons (Fsp3) is 0.0909. The molecule has 9 heteroatoms. The molecule has 0 aliphatic heterocycles. The zero-order valence-corrected chi connectivity index (χ0v) is 17.3. The van der Waals surface area contributed by atoms with Gasteiger partial charge in [0.05, 0.1) is 5.56 Å². The second-order valence-corrected chi connectivity index (χ2v) is 7.05. The van der Waals surface area contributed by atoms with Gasteiger partial charge in [0.2, 0.25) is 6.10 Å². The van der Waals surface area contributed by atoms with E-state index in [-0.39, 0.29) is 5.69 Å². The molecule has 1 N–H and O–H groups in total. The number of amides is 1. The molecule has 0 radical (unpaired) electrons. The quantitative estimate of drug-likeness (QED) is 0.337. The van der Waals surface area contributed by atoms with Crippen molar-refractivity contribution in [2.24, 2.45) is 0 Å². The molecule has 3 aromatic rings. The molecule has 1 heterocycles. The Kier molecular flexibility index (Phi) is 6.96. The Morgan fingerprint density at radius 2 is 1.77 bits per heavy atom. The van der Waals surface area contributed by atoms with E-state index in [2.05, 4.69) is 21.2 Å². The molecule has 3 rings (SSSR count). The molecule has 0 aliphatic carbocycles. The maximum Gasteiger partial charge on any atom is 0.416 e. The van der Waals surface area contributed by atoms with Gasteiger partial charge in [-0.15, -0.1) is 0 Å². The smallest absolute Gasteiger partial charge is 0.416 e. The first-order valence-electron chi connectivity index (χ1n) is 8.89. The van der Waals surface area contributed by atoms with E-state index in [1.165, 1.54) is 18.2 Å². The van der Waals surface area contributed by atoms with E-state index in [9.17, 15) is 22.8 Å². The highest BCUT2D eigenvalue weighted by atomic mass is 79.9. The van der Waals surface area contributed by atoms with Crippen LogP contribution in [0.15, 0.2) is 81.9 Å². The number of esters is 1. The maximum absolute atomic E-state index is 12.9. The van der Waals surface area contributed by atoms with Gasteiger partial charge >= 0.3 is 12.1 Å². The normalized spacial score (nSPS) is 12.5. The van der Waals surface area contributed by atoms with E-state index in [0.717, 1.165) is 18.2 Å². The van der Waals surface area contributed by atoms with Gasteiger partial charge in [-0.2, -0.15) is 13.2 Å². The average molecular weight is 494 g/mol. The van der Waals surface area contributed by atoms with Crippen LogP contribution in [0.1, 0.15) is 23.0 Å². The van der Waals surface area contributed by atoms with Crippen LogP contribution in [0.25, 0.3) is 6.08 Å². The Bertz CT molecular complexity index is 1090. The second kappa shape index (κ2) is 9.65. The molecule has 1 amide bonds. The molecule has 2 aromatic carbocycles. The standard InChI is InChI=1S/C22H15BrF3NO4/c23-18-11-9-17(30-18)10-12-19(28)31-20(14-5-2-1-3-6-14)21(29)27-16-8-4-7-15(13-16)22(24,25)26/h1-13,20H,(H,27,29). The number of anilines is 1. The van der Waals surface area contributed by atoms with Crippen molar-refractivity contribution >= 4 is 39.6 Å². The van der Waals surface area contributed by atoms with Gasteiger partial charge in [-0.3, -0.25) is 4.79 Å². The molecule has 0 bridgehead atoms. The Labute approximate surface area is 183 Å². The molecule has 0 fully saturated rings. The summed E-state index contributed by atoms with van der Waals surface area (Å²) in [5, 5.41) is 2.37. The molecular weight excluding hydrogens is 479 g/mol. The van der Waals surface area contributed by atoms with Crippen molar-refractivity contribution in [3.05, 3.63) is 94.4 Å². The number of hydrogen-bond donors (Lipinski definition) is 1. The Morgan fingerprint density at radius 3 is 2.42 bits per heavy atom. The van der Waals surface area contributed by atoms with Gasteiger partial charge in [0, 0.05) is 17.3 Å². The van der Waals surface area contributed by atoms with Gasteiger partial charge in [0.25, 0.3) is 5.91 Å².